The number of unbranched alkanes of at least 4 members (excludes halogenated alkanes) is 30. The van der Waals surface area contributed by atoms with Crippen LogP contribution in [0, 0.1) is 0 Å². The molecule has 6 nitrogen and oxygen atoms in total. The first-order chi connectivity index (χ1) is 29.5. The van der Waals surface area contributed by atoms with Gasteiger partial charge >= 0.3 is 17.9 Å². The van der Waals surface area contributed by atoms with Crippen molar-refractivity contribution < 1.29 is 28.6 Å². The highest BCUT2D eigenvalue weighted by atomic mass is 16.6. The van der Waals surface area contributed by atoms with Gasteiger partial charge < -0.3 is 14.2 Å². The molecule has 0 aromatic carbocycles. The Morgan fingerprint density at radius 1 is 0.317 bits per heavy atom. The average Bonchev–Trinajstić information content (AvgIpc) is 3.24. The molecule has 0 amide bonds. The van der Waals surface area contributed by atoms with Gasteiger partial charge in [-0.15, -0.1) is 0 Å². The third-order valence-corrected chi connectivity index (χ3v) is 11.3. The van der Waals surface area contributed by atoms with E-state index >= 15 is 0 Å². The SMILES string of the molecule is CCCCC/C=C\CCCCCCCC(=O)OCC(COC(=O)CCCCCCC/C=C\CCCCCCCCCCC)OC(=O)CCCCCCC/C=C\CCCCC. The highest BCUT2D eigenvalue weighted by Crippen LogP contribution is 2.14. The molecule has 0 rings (SSSR count). The summed E-state index contributed by atoms with van der Waals surface area (Å²) in [6, 6.07) is 0. The lowest BCUT2D eigenvalue weighted by atomic mass is 10.1. The average molecular weight is 843 g/mol. The minimum absolute atomic E-state index is 0.0811. The van der Waals surface area contributed by atoms with E-state index in [-0.39, 0.29) is 31.1 Å². The quantitative estimate of drug-likeness (QED) is 0.0263. The second kappa shape index (κ2) is 49.3. The van der Waals surface area contributed by atoms with Crippen LogP contribution in [-0.2, 0) is 28.6 Å². The third kappa shape index (κ3) is 46.7. The van der Waals surface area contributed by atoms with Crippen molar-refractivity contribution in [1.82, 2.24) is 0 Å². The van der Waals surface area contributed by atoms with E-state index in [2.05, 4.69) is 57.2 Å². The molecule has 0 bridgehead atoms. The smallest absolute Gasteiger partial charge is 0.306 e. The molecule has 0 saturated heterocycles. The van der Waals surface area contributed by atoms with Crippen LogP contribution in [0.25, 0.3) is 0 Å². The lowest BCUT2D eigenvalue weighted by molar-refractivity contribution is -0.167. The summed E-state index contributed by atoms with van der Waals surface area (Å²) in [6.07, 6.45) is 57.0. The minimum atomic E-state index is -0.780. The summed E-state index contributed by atoms with van der Waals surface area (Å²) in [5, 5.41) is 0. The molecule has 0 aliphatic carbocycles. The molecule has 1 atom stereocenters. The molecule has 1 unspecified atom stereocenters. The van der Waals surface area contributed by atoms with Gasteiger partial charge in [0, 0.05) is 19.3 Å². The van der Waals surface area contributed by atoms with Gasteiger partial charge in [-0.3, -0.25) is 14.4 Å². The maximum atomic E-state index is 12.8. The highest BCUT2D eigenvalue weighted by molar-refractivity contribution is 5.71. The maximum Gasteiger partial charge on any atom is 0.306 e. The molecule has 0 N–H and O–H groups in total. The van der Waals surface area contributed by atoms with E-state index in [1.54, 1.807) is 0 Å². The Bertz CT molecular complexity index is 1020. The monoisotopic (exact) mass is 843 g/mol. The third-order valence-electron chi connectivity index (χ3n) is 11.3. The van der Waals surface area contributed by atoms with Crippen LogP contribution in [0.5, 0.6) is 0 Å². The van der Waals surface area contributed by atoms with Crippen LogP contribution in [0.1, 0.15) is 271 Å². The fourth-order valence-electron chi connectivity index (χ4n) is 7.37. The number of ether oxygens (including phenoxy) is 3. The van der Waals surface area contributed by atoms with Crippen molar-refractivity contribution in [2.24, 2.45) is 0 Å². The van der Waals surface area contributed by atoms with Crippen molar-refractivity contribution in [3.05, 3.63) is 36.5 Å². The van der Waals surface area contributed by atoms with E-state index in [1.807, 2.05) is 0 Å². The molecule has 350 valence electrons. The van der Waals surface area contributed by atoms with Gasteiger partial charge in [-0.25, -0.2) is 0 Å². The summed E-state index contributed by atoms with van der Waals surface area (Å²) >= 11 is 0. The largest absolute Gasteiger partial charge is 0.462 e. The molecule has 0 aromatic heterocycles. The first kappa shape index (κ1) is 57.6. The Kier molecular flexibility index (Phi) is 47.3. The van der Waals surface area contributed by atoms with Gasteiger partial charge in [0.2, 0.25) is 0 Å². The molecular weight excluding hydrogens is 745 g/mol. The number of esters is 3. The van der Waals surface area contributed by atoms with Gasteiger partial charge in [0.25, 0.3) is 0 Å². The van der Waals surface area contributed by atoms with Crippen LogP contribution >= 0.6 is 0 Å². The molecule has 0 aromatic rings. The van der Waals surface area contributed by atoms with E-state index in [1.165, 1.54) is 148 Å². The molecule has 6 heteroatoms. The number of rotatable bonds is 47. The topological polar surface area (TPSA) is 78.9 Å². The van der Waals surface area contributed by atoms with E-state index in [4.69, 9.17) is 14.2 Å². The molecular formula is C54H98O6. The number of hydrogen-bond acceptors (Lipinski definition) is 6. The highest BCUT2D eigenvalue weighted by Gasteiger charge is 2.19. The zero-order valence-corrected chi connectivity index (χ0v) is 40.0. The van der Waals surface area contributed by atoms with Crippen molar-refractivity contribution in [2.75, 3.05) is 13.2 Å². The van der Waals surface area contributed by atoms with E-state index in [0.717, 1.165) is 83.5 Å². The second-order valence-electron chi connectivity index (χ2n) is 17.4. The molecule has 60 heavy (non-hydrogen) atoms. The Labute approximate surface area is 372 Å². The fraction of sp³-hybridized carbons (Fsp3) is 0.833. The number of allylic oxidation sites excluding steroid dienone is 6. The summed E-state index contributed by atoms with van der Waals surface area (Å²) in [5.74, 6) is -0.900. The molecule has 0 aliphatic heterocycles. The van der Waals surface area contributed by atoms with Crippen LogP contribution < -0.4 is 0 Å². The molecule has 0 spiro atoms. The lowest BCUT2D eigenvalue weighted by Crippen LogP contribution is -2.30. The van der Waals surface area contributed by atoms with Gasteiger partial charge in [-0.1, -0.05) is 192 Å². The Balaban J connectivity index is 4.34. The van der Waals surface area contributed by atoms with Crippen LogP contribution in [0.4, 0.5) is 0 Å². The molecule has 0 radical (unpaired) electrons. The van der Waals surface area contributed by atoms with E-state index < -0.39 is 6.10 Å². The fourth-order valence-corrected chi connectivity index (χ4v) is 7.37. The summed E-state index contributed by atoms with van der Waals surface area (Å²) in [4.78, 5) is 37.9. The minimum Gasteiger partial charge on any atom is -0.462 e. The van der Waals surface area contributed by atoms with Crippen molar-refractivity contribution in [3.63, 3.8) is 0 Å². The van der Waals surface area contributed by atoms with Gasteiger partial charge in [0.1, 0.15) is 13.2 Å². The molecule has 0 fully saturated rings. The predicted molar refractivity (Wildman–Crippen MR) is 256 cm³/mol. The first-order valence-electron chi connectivity index (χ1n) is 26.0. The molecule has 0 aliphatic rings. The van der Waals surface area contributed by atoms with Crippen molar-refractivity contribution in [1.29, 1.82) is 0 Å². The van der Waals surface area contributed by atoms with Gasteiger partial charge in [-0.05, 0) is 96.3 Å². The van der Waals surface area contributed by atoms with Crippen molar-refractivity contribution in [3.8, 4) is 0 Å². The predicted octanol–water partition coefficient (Wildman–Crippen LogP) is 16.9. The summed E-state index contributed by atoms with van der Waals surface area (Å²) in [5.41, 5.74) is 0. The van der Waals surface area contributed by atoms with Crippen LogP contribution in [-0.4, -0.2) is 37.2 Å². The lowest BCUT2D eigenvalue weighted by Gasteiger charge is -2.18. The zero-order valence-electron chi connectivity index (χ0n) is 40.0. The summed E-state index contributed by atoms with van der Waals surface area (Å²) < 4.78 is 16.8. The summed E-state index contributed by atoms with van der Waals surface area (Å²) in [7, 11) is 0. The van der Waals surface area contributed by atoms with E-state index in [9.17, 15) is 14.4 Å². The van der Waals surface area contributed by atoms with E-state index in [0.29, 0.717) is 19.3 Å². The first-order valence-corrected chi connectivity index (χ1v) is 26.0. The van der Waals surface area contributed by atoms with Gasteiger partial charge in [0.05, 0.1) is 0 Å². The Hall–Kier alpha value is -2.37. The van der Waals surface area contributed by atoms with Crippen molar-refractivity contribution in [2.45, 2.75) is 277 Å². The number of carbonyl (C=O) groups excluding carboxylic acids is 3. The maximum absolute atomic E-state index is 12.8. The molecule has 0 heterocycles. The standard InChI is InChI=1S/C54H98O6/c1-4-7-10-13-16-19-22-25-26-27-28-29-30-33-35-38-41-44-47-53(56)59-50-51(60-54(57)48-45-42-39-36-32-24-21-18-15-12-9-6-3)49-58-52(55)46-43-40-37-34-31-23-20-17-14-11-8-5-2/h17-18,20-21,28-29,51H,4-16,19,22-27,30-50H2,1-3H3/b20-17-,21-18-,29-28-. The summed E-state index contributed by atoms with van der Waals surface area (Å²) in [6.45, 7) is 6.58. The van der Waals surface area contributed by atoms with Crippen LogP contribution in [0.3, 0.4) is 0 Å². The van der Waals surface area contributed by atoms with Gasteiger partial charge in [-0.2, -0.15) is 0 Å². The normalized spacial score (nSPS) is 12.2. The van der Waals surface area contributed by atoms with Crippen LogP contribution in [0.15, 0.2) is 36.5 Å². The zero-order chi connectivity index (χ0) is 43.7. The number of carbonyl (C=O) groups is 3. The Morgan fingerprint density at radius 3 is 0.867 bits per heavy atom. The van der Waals surface area contributed by atoms with Crippen LogP contribution in [0.2, 0.25) is 0 Å². The number of hydrogen-bond donors (Lipinski definition) is 0. The van der Waals surface area contributed by atoms with Gasteiger partial charge in [0.15, 0.2) is 6.10 Å². The second-order valence-corrected chi connectivity index (χ2v) is 17.4. The van der Waals surface area contributed by atoms with Crippen molar-refractivity contribution >= 4 is 17.9 Å². The Morgan fingerprint density at radius 2 is 0.550 bits per heavy atom. The molecule has 0 saturated carbocycles.